The van der Waals surface area contributed by atoms with Gasteiger partial charge in [0.15, 0.2) is 0 Å². The number of halogens is 1. The molecule has 0 saturated carbocycles. The van der Waals surface area contributed by atoms with E-state index in [1.165, 1.54) is 0 Å². The third kappa shape index (κ3) is 3.88. The number of nitrogens with zero attached hydrogens (tertiary/aromatic N) is 1. The summed E-state index contributed by atoms with van der Waals surface area (Å²) in [5.41, 5.74) is 8.19. The van der Waals surface area contributed by atoms with E-state index in [-0.39, 0.29) is 18.2 Å². The topological polar surface area (TPSA) is 86.3 Å². The Labute approximate surface area is 168 Å². The van der Waals surface area contributed by atoms with Crippen LogP contribution in [0, 0.1) is 6.92 Å². The zero-order chi connectivity index (χ0) is 20.3. The molecule has 0 aliphatic carbocycles. The lowest BCUT2D eigenvalue weighted by Gasteiger charge is -2.08. The van der Waals surface area contributed by atoms with Gasteiger partial charge in [-0.1, -0.05) is 11.6 Å². The summed E-state index contributed by atoms with van der Waals surface area (Å²) >= 11 is 5.94. The Morgan fingerprint density at radius 2 is 1.89 bits per heavy atom. The van der Waals surface area contributed by atoms with Gasteiger partial charge in [0.2, 0.25) is 5.91 Å². The molecule has 3 rings (SSSR count). The van der Waals surface area contributed by atoms with E-state index in [4.69, 9.17) is 22.1 Å². The number of aromatic nitrogens is 1. The molecule has 0 unspecified atom stereocenters. The second-order valence-corrected chi connectivity index (χ2v) is 6.85. The molecule has 3 aromatic rings. The number of hydrogen-bond acceptors (Lipinski definition) is 4. The lowest BCUT2D eigenvalue weighted by atomic mass is 10.1. The fourth-order valence-corrected chi connectivity index (χ4v) is 3.36. The number of fused-ring (bicyclic) bond motifs is 1. The summed E-state index contributed by atoms with van der Waals surface area (Å²) < 4.78 is 6.96. The van der Waals surface area contributed by atoms with E-state index < -0.39 is 0 Å². The van der Waals surface area contributed by atoms with Gasteiger partial charge in [-0.3, -0.25) is 14.2 Å². The molecule has 0 bridgehead atoms. The van der Waals surface area contributed by atoms with E-state index in [2.05, 4.69) is 5.32 Å². The molecule has 1 aromatic heterocycles. The van der Waals surface area contributed by atoms with Crippen LogP contribution in [0.15, 0.2) is 42.5 Å². The molecule has 0 spiro atoms. The van der Waals surface area contributed by atoms with Crippen molar-refractivity contribution in [1.82, 2.24) is 9.88 Å². The van der Waals surface area contributed by atoms with Crippen molar-refractivity contribution in [2.24, 2.45) is 5.73 Å². The molecule has 0 atom stereocenters. The second-order valence-electron chi connectivity index (χ2n) is 6.41. The summed E-state index contributed by atoms with van der Waals surface area (Å²) in [7, 11) is 1.58. The van der Waals surface area contributed by atoms with Crippen molar-refractivity contribution in [3.05, 3.63) is 64.3 Å². The van der Waals surface area contributed by atoms with Crippen LogP contribution in [0.2, 0.25) is 5.02 Å². The van der Waals surface area contributed by atoms with E-state index in [0.29, 0.717) is 35.1 Å². The van der Waals surface area contributed by atoms with Crippen molar-refractivity contribution in [3.8, 4) is 5.75 Å². The van der Waals surface area contributed by atoms with E-state index in [9.17, 15) is 9.59 Å². The first-order valence-corrected chi connectivity index (χ1v) is 9.29. The predicted molar refractivity (Wildman–Crippen MR) is 110 cm³/mol. The molecule has 28 heavy (non-hydrogen) atoms. The van der Waals surface area contributed by atoms with Gasteiger partial charge in [0.05, 0.1) is 19.0 Å². The van der Waals surface area contributed by atoms with Gasteiger partial charge < -0.3 is 15.8 Å². The lowest BCUT2D eigenvalue weighted by Crippen LogP contribution is -2.30. The minimum atomic E-state index is -0.182. The molecule has 0 aliphatic heterocycles. The number of methoxy groups -OCH3 is 1. The van der Waals surface area contributed by atoms with Crippen LogP contribution in [0.25, 0.3) is 10.9 Å². The highest BCUT2D eigenvalue weighted by molar-refractivity contribution is 6.30. The number of ether oxygens (including phenoxy) is 1. The van der Waals surface area contributed by atoms with Gasteiger partial charge in [-0.2, -0.15) is 0 Å². The van der Waals surface area contributed by atoms with Crippen molar-refractivity contribution in [3.63, 3.8) is 0 Å². The van der Waals surface area contributed by atoms with Crippen LogP contribution in [0.4, 0.5) is 0 Å². The van der Waals surface area contributed by atoms with E-state index >= 15 is 0 Å². The average molecular weight is 400 g/mol. The van der Waals surface area contributed by atoms with Crippen LogP contribution in [0.3, 0.4) is 0 Å². The van der Waals surface area contributed by atoms with Crippen LogP contribution in [-0.4, -0.2) is 36.6 Å². The largest absolute Gasteiger partial charge is 0.497 e. The molecular weight excluding hydrogens is 378 g/mol. The average Bonchev–Trinajstić information content (AvgIpc) is 2.97. The zero-order valence-corrected chi connectivity index (χ0v) is 16.5. The van der Waals surface area contributed by atoms with Crippen molar-refractivity contribution in [2.75, 3.05) is 20.2 Å². The van der Waals surface area contributed by atoms with Crippen LogP contribution < -0.4 is 15.8 Å². The van der Waals surface area contributed by atoms with E-state index in [0.717, 1.165) is 16.5 Å². The Morgan fingerprint density at radius 1 is 1.18 bits per heavy atom. The number of carbonyl (C=O) groups excluding carboxylic acids is 2. The minimum absolute atomic E-state index is 0.144. The molecule has 0 fully saturated rings. The van der Waals surface area contributed by atoms with Gasteiger partial charge in [0, 0.05) is 34.8 Å². The van der Waals surface area contributed by atoms with Gasteiger partial charge in [-0.15, -0.1) is 0 Å². The Kier molecular flexibility index (Phi) is 6.02. The number of nitrogens with two attached hydrogens (primary N) is 1. The molecule has 0 saturated heterocycles. The smallest absolute Gasteiger partial charge is 0.262 e. The number of benzene rings is 2. The Bertz CT molecular complexity index is 1030. The monoisotopic (exact) mass is 399 g/mol. The van der Waals surface area contributed by atoms with Crippen molar-refractivity contribution in [2.45, 2.75) is 13.3 Å². The SMILES string of the molecule is COc1ccc2c(c1)c(CC(=O)NCCN)c(C)n2C(=O)c1ccc(Cl)cc1. The second kappa shape index (κ2) is 8.46. The molecular formula is C21H22ClN3O3. The quantitative estimate of drug-likeness (QED) is 0.667. The predicted octanol–water partition coefficient (Wildman–Crippen LogP) is 2.92. The molecule has 3 N–H and O–H groups in total. The highest BCUT2D eigenvalue weighted by atomic mass is 35.5. The van der Waals surface area contributed by atoms with Gasteiger partial charge >= 0.3 is 0 Å². The fraction of sp³-hybridized carbons (Fsp3) is 0.238. The number of amides is 1. The third-order valence-corrected chi connectivity index (χ3v) is 4.89. The van der Waals surface area contributed by atoms with E-state index in [1.54, 1.807) is 42.0 Å². The van der Waals surface area contributed by atoms with Crippen molar-refractivity contribution < 1.29 is 14.3 Å². The standard InChI is InChI=1S/C21H22ClN3O3/c1-13-17(12-20(26)24-10-9-23)18-11-16(28-2)7-8-19(18)25(13)21(27)14-3-5-15(22)6-4-14/h3-8,11H,9-10,12,23H2,1-2H3,(H,24,26). The molecule has 146 valence electrons. The van der Waals surface area contributed by atoms with Gasteiger partial charge in [0.25, 0.3) is 5.91 Å². The molecule has 7 heteroatoms. The van der Waals surface area contributed by atoms with Gasteiger partial charge in [-0.05, 0) is 55.0 Å². The van der Waals surface area contributed by atoms with Crippen LogP contribution in [0.5, 0.6) is 5.75 Å². The van der Waals surface area contributed by atoms with Gasteiger partial charge in [0.1, 0.15) is 5.75 Å². The molecule has 6 nitrogen and oxygen atoms in total. The van der Waals surface area contributed by atoms with Crippen LogP contribution in [0.1, 0.15) is 21.6 Å². The summed E-state index contributed by atoms with van der Waals surface area (Å²) in [5.74, 6) is 0.333. The maximum atomic E-state index is 13.2. The normalized spacial score (nSPS) is 10.9. The van der Waals surface area contributed by atoms with E-state index in [1.807, 2.05) is 19.1 Å². The number of rotatable bonds is 6. The van der Waals surface area contributed by atoms with Crippen LogP contribution >= 0.6 is 11.6 Å². The summed E-state index contributed by atoms with van der Waals surface area (Å²) in [5, 5.41) is 4.14. The first-order chi connectivity index (χ1) is 13.5. The molecule has 1 amide bonds. The lowest BCUT2D eigenvalue weighted by molar-refractivity contribution is -0.120. The Balaban J connectivity index is 2.12. The summed E-state index contributed by atoms with van der Waals surface area (Å²) in [6, 6.07) is 12.2. The minimum Gasteiger partial charge on any atom is -0.497 e. The molecule has 0 aliphatic rings. The molecule has 0 radical (unpaired) electrons. The van der Waals surface area contributed by atoms with Crippen molar-refractivity contribution >= 4 is 34.3 Å². The van der Waals surface area contributed by atoms with Crippen molar-refractivity contribution in [1.29, 1.82) is 0 Å². The maximum Gasteiger partial charge on any atom is 0.262 e. The fourth-order valence-electron chi connectivity index (χ4n) is 3.23. The number of nitrogens with one attached hydrogen (secondary N) is 1. The van der Waals surface area contributed by atoms with Crippen LogP contribution in [-0.2, 0) is 11.2 Å². The first kappa shape index (κ1) is 19.9. The highest BCUT2D eigenvalue weighted by Crippen LogP contribution is 2.30. The molecule has 1 heterocycles. The summed E-state index contributed by atoms with van der Waals surface area (Å²) in [6.07, 6.45) is 0.149. The Hall–Kier alpha value is -2.83. The zero-order valence-electron chi connectivity index (χ0n) is 15.8. The highest BCUT2D eigenvalue weighted by Gasteiger charge is 2.21. The first-order valence-electron chi connectivity index (χ1n) is 8.91. The number of carbonyl (C=O) groups is 2. The Morgan fingerprint density at radius 3 is 2.54 bits per heavy atom. The number of hydrogen-bond donors (Lipinski definition) is 2. The summed E-state index contributed by atoms with van der Waals surface area (Å²) in [6.45, 7) is 2.62. The molecule has 2 aromatic carbocycles. The maximum absolute atomic E-state index is 13.2. The van der Waals surface area contributed by atoms with Gasteiger partial charge in [-0.25, -0.2) is 0 Å². The third-order valence-electron chi connectivity index (χ3n) is 4.64. The summed E-state index contributed by atoms with van der Waals surface area (Å²) in [4.78, 5) is 25.5.